The molecule has 0 aliphatic carbocycles. The Bertz CT molecular complexity index is 1500. The van der Waals surface area contributed by atoms with Crippen molar-refractivity contribution in [3.05, 3.63) is 137 Å². The molecule has 0 spiro atoms. The van der Waals surface area contributed by atoms with Crippen LogP contribution in [0.25, 0.3) is 0 Å². The molecule has 1 saturated heterocycles. The summed E-state index contributed by atoms with van der Waals surface area (Å²) in [6, 6.07) is 30.3. The Morgan fingerprint density at radius 3 is 2.15 bits per heavy atom. The van der Waals surface area contributed by atoms with E-state index in [1.165, 1.54) is 17.0 Å². The van der Waals surface area contributed by atoms with E-state index in [-0.39, 0.29) is 30.8 Å². The summed E-state index contributed by atoms with van der Waals surface area (Å²) in [7, 11) is 0. The van der Waals surface area contributed by atoms with E-state index in [0.29, 0.717) is 16.8 Å². The van der Waals surface area contributed by atoms with E-state index in [1.807, 2.05) is 67.6 Å². The molecule has 208 valence electrons. The zero-order valence-corrected chi connectivity index (χ0v) is 22.5. The molecular formula is C33H30FN3O4. The molecule has 4 aromatic carbocycles. The summed E-state index contributed by atoms with van der Waals surface area (Å²) in [5.74, 6) is -0.925. The molecule has 2 N–H and O–H groups in total. The molecule has 0 unspecified atom stereocenters. The monoisotopic (exact) mass is 551 g/mol. The van der Waals surface area contributed by atoms with Crippen molar-refractivity contribution in [2.24, 2.45) is 0 Å². The van der Waals surface area contributed by atoms with Crippen LogP contribution >= 0.6 is 0 Å². The second-order valence-electron chi connectivity index (χ2n) is 9.98. The highest BCUT2D eigenvalue weighted by molar-refractivity contribution is 5.92. The average Bonchev–Trinajstić information content (AvgIpc) is 3.31. The molecular weight excluding hydrogens is 521 g/mol. The van der Waals surface area contributed by atoms with Gasteiger partial charge in [0.1, 0.15) is 5.82 Å². The smallest absolute Gasteiger partial charge is 0.411 e. The number of ether oxygens (including phenoxy) is 1. The molecule has 1 aliphatic heterocycles. The third-order valence-corrected chi connectivity index (χ3v) is 7.01. The summed E-state index contributed by atoms with van der Waals surface area (Å²) in [5.41, 5.74) is 3.67. The molecule has 1 heterocycles. The van der Waals surface area contributed by atoms with Crippen molar-refractivity contribution in [3.8, 4) is 0 Å². The maximum absolute atomic E-state index is 13.7. The van der Waals surface area contributed by atoms with Crippen molar-refractivity contribution in [3.63, 3.8) is 0 Å². The lowest BCUT2D eigenvalue weighted by Crippen LogP contribution is -2.46. The van der Waals surface area contributed by atoms with Crippen molar-refractivity contribution in [1.82, 2.24) is 10.2 Å². The lowest BCUT2D eigenvalue weighted by atomic mass is 9.99. The Balaban J connectivity index is 1.35. The fraction of sp³-hybridized carbons (Fsp3) is 0.182. The number of nitrogens with zero attached hydrogens (tertiary/aromatic N) is 1. The van der Waals surface area contributed by atoms with Gasteiger partial charge in [0.05, 0.1) is 19.0 Å². The third-order valence-electron chi connectivity index (χ3n) is 7.01. The highest BCUT2D eigenvalue weighted by Gasteiger charge is 2.47. The first-order valence-electron chi connectivity index (χ1n) is 13.4. The van der Waals surface area contributed by atoms with E-state index >= 15 is 0 Å². The molecule has 0 bridgehead atoms. The van der Waals surface area contributed by atoms with Gasteiger partial charge in [0.2, 0.25) is 11.8 Å². The Morgan fingerprint density at radius 1 is 0.854 bits per heavy atom. The van der Waals surface area contributed by atoms with Crippen molar-refractivity contribution < 1.29 is 23.5 Å². The van der Waals surface area contributed by atoms with Crippen LogP contribution in [-0.2, 0) is 27.3 Å². The van der Waals surface area contributed by atoms with Crippen LogP contribution in [0.15, 0.2) is 109 Å². The predicted octanol–water partition coefficient (Wildman–Crippen LogP) is 5.95. The number of rotatable bonds is 9. The molecule has 3 atom stereocenters. The molecule has 1 fully saturated rings. The fourth-order valence-corrected chi connectivity index (χ4v) is 4.86. The Hall–Kier alpha value is -4.98. The quantitative estimate of drug-likeness (QED) is 0.269. The number of carbonyl (C=O) groups is 3. The highest BCUT2D eigenvalue weighted by atomic mass is 19.1. The first-order valence-corrected chi connectivity index (χ1v) is 13.4. The molecule has 1 aliphatic rings. The number of hydrogen-bond acceptors (Lipinski definition) is 4. The topological polar surface area (TPSA) is 87.7 Å². The van der Waals surface area contributed by atoms with Gasteiger partial charge >= 0.3 is 6.09 Å². The highest BCUT2D eigenvalue weighted by Crippen LogP contribution is 2.35. The molecule has 41 heavy (non-hydrogen) atoms. The minimum Gasteiger partial charge on any atom is -0.438 e. The molecule has 0 radical (unpaired) electrons. The van der Waals surface area contributed by atoms with Crippen molar-refractivity contribution in [2.45, 2.75) is 38.1 Å². The van der Waals surface area contributed by atoms with E-state index in [4.69, 9.17) is 4.74 Å². The maximum atomic E-state index is 13.7. The van der Waals surface area contributed by atoms with Crippen molar-refractivity contribution >= 4 is 23.6 Å². The molecule has 0 aromatic heterocycles. The number of benzene rings is 4. The van der Waals surface area contributed by atoms with Gasteiger partial charge in [-0.25, -0.2) is 9.18 Å². The van der Waals surface area contributed by atoms with E-state index in [2.05, 4.69) is 10.6 Å². The van der Waals surface area contributed by atoms with Gasteiger partial charge in [-0.1, -0.05) is 84.9 Å². The van der Waals surface area contributed by atoms with E-state index in [9.17, 15) is 18.8 Å². The summed E-state index contributed by atoms with van der Waals surface area (Å²) in [6.07, 6.45) is -1.30. The zero-order valence-electron chi connectivity index (χ0n) is 22.5. The first kappa shape index (κ1) is 27.6. The van der Waals surface area contributed by atoms with Gasteiger partial charge in [-0.3, -0.25) is 14.5 Å². The van der Waals surface area contributed by atoms with Gasteiger partial charge in [-0.05, 0) is 53.4 Å². The van der Waals surface area contributed by atoms with Gasteiger partial charge in [0.25, 0.3) is 0 Å². The Labute approximate surface area is 238 Å². The second-order valence-corrected chi connectivity index (χ2v) is 9.98. The van der Waals surface area contributed by atoms with Crippen LogP contribution in [0, 0.1) is 5.82 Å². The Kier molecular flexibility index (Phi) is 8.39. The van der Waals surface area contributed by atoms with Gasteiger partial charge in [0.15, 0.2) is 12.1 Å². The van der Waals surface area contributed by atoms with Gasteiger partial charge in [-0.15, -0.1) is 0 Å². The summed E-state index contributed by atoms with van der Waals surface area (Å²) < 4.78 is 19.2. The number of carbonyl (C=O) groups excluding carboxylic acids is 3. The molecule has 0 saturated carbocycles. The summed E-state index contributed by atoms with van der Waals surface area (Å²) >= 11 is 0. The maximum Gasteiger partial charge on any atom is 0.411 e. The van der Waals surface area contributed by atoms with Crippen molar-refractivity contribution in [2.75, 3.05) is 5.32 Å². The molecule has 5 rings (SSSR count). The molecule has 8 heteroatoms. The lowest BCUT2D eigenvalue weighted by Gasteiger charge is -2.26. The SMILES string of the molecule is C[C@H](NC(=O)[C@@H]1[C@H](c2ccc(NC(=O)Cc3ccccc3)cc2)OC(=O)N1Cc1ccc(F)cc1)c1ccccc1. The number of nitrogens with one attached hydrogen (secondary N) is 2. The number of hydrogen-bond donors (Lipinski definition) is 2. The van der Waals surface area contributed by atoms with Crippen LogP contribution in [0.4, 0.5) is 14.9 Å². The number of cyclic esters (lactones) is 1. The van der Waals surface area contributed by atoms with E-state index < -0.39 is 24.1 Å². The van der Waals surface area contributed by atoms with Crippen LogP contribution in [0.5, 0.6) is 0 Å². The third kappa shape index (κ3) is 6.78. The van der Waals surface area contributed by atoms with E-state index in [0.717, 1.165) is 11.1 Å². The van der Waals surface area contributed by atoms with Gasteiger partial charge < -0.3 is 15.4 Å². The fourth-order valence-electron chi connectivity index (χ4n) is 4.86. The zero-order chi connectivity index (χ0) is 28.8. The number of amides is 3. The average molecular weight is 552 g/mol. The van der Waals surface area contributed by atoms with Crippen LogP contribution in [0.1, 0.15) is 41.3 Å². The largest absolute Gasteiger partial charge is 0.438 e. The minimum atomic E-state index is -0.975. The van der Waals surface area contributed by atoms with Gasteiger partial charge in [0, 0.05) is 5.69 Å². The predicted molar refractivity (Wildman–Crippen MR) is 153 cm³/mol. The normalized spacial score (nSPS) is 17.0. The summed E-state index contributed by atoms with van der Waals surface area (Å²) in [4.78, 5) is 40.6. The van der Waals surface area contributed by atoms with Crippen LogP contribution in [0.2, 0.25) is 0 Å². The first-order chi connectivity index (χ1) is 19.9. The standard InChI is InChI=1S/C33H30FN3O4/c1-22(25-10-6-3-7-11-25)35-32(39)30-31(41-33(40)37(30)21-24-12-16-27(34)17-13-24)26-14-18-28(19-15-26)36-29(38)20-23-8-4-2-5-9-23/h2-19,22,30-31H,20-21H2,1H3,(H,35,39)(H,36,38)/t22-,30-,31-/m0/s1. The summed E-state index contributed by atoms with van der Waals surface area (Å²) in [6.45, 7) is 1.94. The number of anilines is 1. The van der Waals surface area contributed by atoms with Crippen LogP contribution in [-0.4, -0.2) is 28.8 Å². The van der Waals surface area contributed by atoms with Crippen LogP contribution < -0.4 is 10.6 Å². The molecule has 7 nitrogen and oxygen atoms in total. The minimum absolute atomic E-state index is 0.0705. The van der Waals surface area contributed by atoms with E-state index in [1.54, 1.807) is 36.4 Å². The Morgan fingerprint density at radius 2 is 1.49 bits per heavy atom. The summed E-state index contributed by atoms with van der Waals surface area (Å²) in [5, 5.41) is 5.89. The van der Waals surface area contributed by atoms with Crippen molar-refractivity contribution in [1.29, 1.82) is 0 Å². The molecule has 3 amide bonds. The number of halogens is 1. The lowest BCUT2D eigenvalue weighted by molar-refractivity contribution is -0.127. The molecule has 4 aromatic rings. The second kappa shape index (κ2) is 12.5. The van der Waals surface area contributed by atoms with Gasteiger partial charge in [-0.2, -0.15) is 0 Å². The van der Waals surface area contributed by atoms with Crippen LogP contribution in [0.3, 0.4) is 0 Å².